The molecule has 0 bridgehead atoms. The minimum Gasteiger partial charge on any atom is -0.481 e. The number of likely N-dealkylation sites (tertiary alicyclic amines) is 1. The van der Waals surface area contributed by atoms with E-state index in [0.717, 1.165) is 4.90 Å². The van der Waals surface area contributed by atoms with E-state index in [-0.39, 0.29) is 44.1 Å². The van der Waals surface area contributed by atoms with Crippen LogP contribution in [0.15, 0.2) is 12.5 Å². The number of nitrogens with two attached hydrogens (primary N) is 1. The number of aliphatic hydroxyl groups excluding tert-OH is 1. The minimum atomic E-state index is -1.54. The van der Waals surface area contributed by atoms with Gasteiger partial charge in [-0.15, -0.1) is 0 Å². The van der Waals surface area contributed by atoms with Crippen molar-refractivity contribution in [1.29, 1.82) is 0 Å². The lowest BCUT2D eigenvalue weighted by Crippen LogP contribution is -2.61. The molecule has 2 heterocycles. The van der Waals surface area contributed by atoms with E-state index in [1.54, 1.807) is 20.0 Å². The average Bonchev–Trinajstić information content (AvgIpc) is 3.72. The van der Waals surface area contributed by atoms with Crippen LogP contribution in [0.1, 0.15) is 72.4 Å². The van der Waals surface area contributed by atoms with Crippen molar-refractivity contribution in [2.24, 2.45) is 17.6 Å². The van der Waals surface area contributed by atoms with Crippen LogP contribution in [0.25, 0.3) is 0 Å². The summed E-state index contributed by atoms with van der Waals surface area (Å²) in [6.45, 7) is 8.46. The van der Waals surface area contributed by atoms with Gasteiger partial charge in [-0.1, -0.05) is 27.7 Å². The third-order valence-electron chi connectivity index (χ3n) is 8.11. The molecule has 2 rings (SSSR count). The van der Waals surface area contributed by atoms with Crippen LogP contribution in [0, 0.1) is 11.8 Å². The number of aliphatic carboxylic acids is 2. The highest BCUT2D eigenvalue weighted by atomic mass is 16.4. The van der Waals surface area contributed by atoms with Gasteiger partial charge in [-0.3, -0.25) is 28.8 Å². The second-order valence-corrected chi connectivity index (χ2v) is 13.0. The molecule has 0 saturated carbocycles. The van der Waals surface area contributed by atoms with E-state index >= 15 is 0 Å². The largest absolute Gasteiger partial charge is 0.481 e. The SMILES string of the molecule is CC(C)C[C@H](NC(=O)[C@H](Cc1c[nH]cn1)NC(=O)[C@@H](N)C(C)C)C(=O)N[C@H](C(=O)N1CCC[C@H]1C(=O)N[C@@H](CCC(=O)O)C(=O)O)[C@@H](C)O. The topological polar surface area (TPSA) is 286 Å². The van der Waals surface area contributed by atoms with Gasteiger partial charge in [-0.25, -0.2) is 9.78 Å². The molecule has 0 unspecified atom stereocenters. The van der Waals surface area contributed by atoms with Crippen LogP contribution in [0.5, 0.6) is 0 Å². The number of hydrogen-bond acceptors (Lipinski definition) is 10. The number of carbonyl (C=O) groups is 7. The molecule has 1 fully saturated rings. The van der Waals surface area contributed by atoms with Crippen LogP contribution in [0.3, 0.4) is 0 Å². The van der Waals surface area contributed by atoms with Crippen molar-refractivity contribution in [3.8, 4) is 0 Å². The molecule has 18 heteroatoms. The molecule has 49 heavy (non-hydrogen) atoms. The number of amides is 5. The molecular formula is C31H50N8O10. The second-order valence-electron chi connectivity index (χ2n) is 13.0. The number of aromatic amines is 1. The zero-order chi connectivity index (χ0) is 37.0. The van der Waals surface area contributed by atoms with Crippen LogP contribution < -0.4 is 27.0 Å². The molecule has 1 aromatic rings. The highest BCUT2D eigenvalue weighted by molar-refractivity contribution is 5.97. The molecule has 0 radical (unpaired) electrons. The molecule has 18 nitrogen and oxygen atoms in total. The van der Waals surface area contributed by atoms with Gasteiger partial charge in [0.2, 0.25) is 29.5 Å². The first-order valence-corrected chi connectivity index (χ1v) is 16.3. The van der Waals surface area contributed by atoms with E-state index in [0.29, 0.717) is 12.1 Å². The second kappa shape index (κ2) is 18.8. The number of carboxylic acids is 2. The van der Waals surface area contributed by atoms with E-state index in [4.69, 9.17) is 10.8 Å². The molecule has 1 aromatic heterocycles. The van der Waals surface area contributed by atoms with Crippen molar-refractivity contribution < 1.29 is 48.9 Å². The Morgan fingerprint density at radius 3 is 2.10 bits per heavy atom. The van der Waals surface area contributed by atoms with Gasteiger partial charge < -0.3 is 52.2 Å². The number of H-pyrrole nitrogens is 1. The van der Waals surface area contributed by atoms with Gasteiger partial charge >= 0.3 is 11.9 Å². The molecule has 274 valence electrons. The number of rotatable bonds is 19. The predicted octanol–water partition coefficient (Wildman–Crippen LogP) is -1.76. The Hall–Kier alpha value is -4.58. The number of hydrogen-bond donors (Lipinski definition) is 9. The lowest BCUT2D eigenvalue weighted by Gasteiger charge is -2.32. The maximum absolute atomic E-state index is 13.7. The van der Waals surface area contributed by atoms with Gasteiger partial charge in [0.15, 0.2) is 0 Å². The number of nitrogens with zero attached hydrogens (tertiary/aromatic N) is 2. The number of nitrogens with one attached hydrogen (secondary N) is 5. The Morgan fingerprint density at radius 1 is 0.939 bits per heavy atom. The highest BCUT2D eigenvalue weighted by Gasteiger charge is 2.41. The Morgan fingerprint density at radius 2 is 1.57 bits per heavy atom. The average molecular weight is 695 g/mol. The van der Waals surface area contributed by atoms with Gasteiger partial charge in [0, 0.05) is 25.6 Å². The Balaban J connectivity index is 2.24. The quantitative estimate of drug-likeness (QED) is 0.0779. The molecule has 0 aliphatic carbocycles. The van der Waals surface area contributed by atoms with Gasteiger partial charge in [0.25, 0.3) is 0 Å². The molecule has 1 saturated heterocycles. The Kier molecular flexibility index (Phi) is 15.6. The maximum Gasteiger partial charge on any atom is 0.326 e. The predicted molar refractivity (Wildman–Crippen MR) is 173 cm³/mol. The van der Waals surface area contributed by atoms with E-state index in [9.17, 15) is 43.8 Å². The van der Waals surface area contributed by atoms with Gasteiger partial charge in [-0.05, 0) is 44.4 Å². The van der Waals surface area contributed by atoms with E-state index in [2.05, 4.69) is 31.2 Å². The van der Waals surface area contributed by atoms with Crippen molar-refractivity contribution in [1.82, 2.24) is 36.1 Å². The van der Waals surface area contributed by atoms with Crippen LogP contribution in [-0.4, -0.2) is 121 Å². The number of carboxylic acid groups (broad SMARTS) is 2. The summed E-state index contributed by atoms with van der Waals surface area (Å²) in [5, 5.41) is 39.0. The first-order valence-electron chi connectivity index (χ1n) is 16.3. The number of aliphatic hydroxyl groups is 1. The zero-order valence-corrected chi connectivity index (χ0v) is 28.5. The third-order valence-corrected chi connectivity index (χ3v) is 8.11. The maximum atomic E-state index is 13.7. The fourth-order valence-electron chi connectivity index (χ4n) is 5.28. The van der Waals surface area contributed by atoms with Gasteiger partial charge in [0.1, 0.15) is 30.2 Å². The summed E-state index contributed by atoms with van der Waals surface area (Å²) >= 11 is 0. The Labute approximate surface area is 284 Å². The van der Waals surface area contributed by atoms with E-state index in [1.165, 1.54) is 13.3 Å². The third kappa shape index (κ3) is 12.4. The lowest BCUT2D eigenvalue weighted by molar-refractivity contribution is -0.146. The van der Waals surface area contributed by atoms with E-state index < -0.39 is 90.3 Å². The molecule has 10 N–H and O–H groups in total. The van der Waals surface area contributed by atoms with Gasteiger partial charge in [-0.2, -0.15) is 0 Å². The van der Waals surface area contributed by atoms with Gasteiger partial charge in [0.05, 0.1) is 24.2 Å². The van der Waals surface area contributed by atoms with Crippen LogP contribution >= 0.6 is 0 Å². The summed E-state index contributed by atoms with van der Waals surface area (Å²) in [4.78, 5) is 97.3. The normalized spacial score (nSPS) is 18.1. The first-order chi connectivity index (χ1) is 22.9. The minimum absolute atomic E-state index is 0.0197. The fourth-order valence-corrected chi connectivity index (χ4v) is 5.28. The summed E-state index contributed by atoms with van der Waals surface area (Å²) in [5.74, 6) is -6.73. The van der Waals surface area contributed by atoms with Crippen LogP contribution in [0.4, 0.5) is 0 Å². The molecule has 1 aliphatic rings. The molecule has 7 atom stereocenters. The van der Waals surface area contributed by atoms with Crippen molar-refractivity contribution in [2.45, 2.75) is 115 Å². The molecular weight excluding hydrogens is 644 g/mol. The summed E-state index contributed by atoms with van der Waals surface area (Å²) in [6.07, 6.45) is 1.28. The monoisotopic (exact) mass is 694 g/mol. The first kappa shape index (κ1) is 40.6. The molecule has 0 spiro atoms. The zero-order valence-electron chi connectivity index (χ0n) is 28.5. The van der Waals surface area contributed by atoms with Crippen molar-refractivity contribution in [3.63, 3.8) is 0 Å². The standard InChI is InChI=1S/C31H50N8O10/c1-15(2)11-20(36-26(43)21(12-18-13-33-14-34-18)37-29(46)24(32)16(3)4)27(44)38-25(17(5)40)30(47)39-10-6-7-22(39)28(45)35-19(31(48)49)8-9-23(41)42/h13-17,19-22,24-25,40H,6-12,32H2,1-5H3,(H,33,34)(H,35,45)(H,36,43)(H,37,46)(H,38,44)(H,41,42)(H,48,49)/t17-,19+,20+,21+,22+,24+,25+/m1/s1. The fraction of sp³-hybridized carbons (Fsp3) is 0.677. The van der Waals surface area contributed by atoms with E-state index in [1.807, 2.05) is 13.8 Å². The van der Waals surface area contributed by atoms with Crippen LogP contribution in [-0.2, 0) is 40.0 Å². The summed E-state index contributed by atoms with van der Waals surface area (Å²) < 4.78 is 0. The number of imidazole rings is 1. The summed E-state index contributed by atoms with van der Waals surface area (Å²) in [6, 6.07) is -7.45. The van der Waals surface area contributed by atoms with Crippen molar-refractivity contribution in [3.05, 3.63) is 18.2 Å². The van der Waals surface area contributed by atoms with Crippen molar-refractivity contribution in [2.75, 3.05) is 6.54 Å². The highest BCUT2D eigenvalue weighted by Crippen LogP contribution is 2.20. The summed E-state index contributed by atoms with van der Waals surface area (Å²) in [7, 11) is 0. The molecule has 5 amide bonds. The number of aromatic nitrogens is 2. The Bertz CT molecular complexity index is 1320. The number of carbonyl (C=O) groups excluding carboxylic acids is 5. The van der Waals surface area contributed by atoms with Crippen molar-refractivity contribution >= 4 is 41.5 Å². The molecule has 1 aliphatic heterocycles. The lowest BCUT2D eigenvalue weighted by atomic mass is 10.0. The van der Waals surface area contributed by atoms with Crippen LogP contribution in [0.2, 0.25) is 0 Å². The summed E-state index contributed by atoms with van der Waals surface area (Å²) in [5.41, 5.74) is 6.45. The molecule has 0 aromatic carbocycles. The smallest absolute Gasteiger partial charge is 0.326 e.